The first-order chi connectivity index (χ1) is 8.70. The Morgan fingerprint density at radius 3 is 2.89 bits per heavy atom. The summed E-state index contributed by atoms with van der Waals surface area (Å²) in [6.45, 7) is 10.9. The van der Waals surface area contributed by atoms with Gasteiger partial charge >= 0.3 is 0 Å². The van der Waals surface area contributed by atoms with Crippen molar-refractivity contribution in [2.45, 2.75) is 52.6 Å². The minimum absolute atomic E-state index is 0.697. The Morgan fingerprint density at radius 1 is 1.39 bits per heavy atom. The lowest BCUT2D eigenvalue weighted by molar-refractivity contribution is 0.138. The molecule has 2 heterocycles. The third-order valence-electron chi connectivity index (χ3n) is 3.79. The van der Waals surface area contributed by atoms with Gasteiger partial charge in [0.25, 0.3) is 0 Å². The maximum Gasteiger partial charge on any atom is 0.107 e. The van der Waals surface area contributed by atoms with Gasteiger partial charge in [0.05, 0.1) is 12.2 Å². The summed E-state index contributed by atoms with van der Waals surface area (Å²) in [5.74, 6) is 0. The third kappa shape index (κ3) is 3.53. The highest BCUT2D eigenvalue weighted by Crippen LogP contribution is 2.23. The molecule has 1 aromatic heterocycles. The molecule has 0 radical (unpaired) electrons. The van der Waals surface area contributed by atoms with Crippen molar-refractivity contribution >= 4 is 11.3 Å². The summed E-state index contributed by atoms with van der Waals surface area (Å²) in [6, 6.07) is 0.697. The molecule has 1 aliphatic rings. The van der Waals surface area contributed by atoms with E-state index in [-0.39, 0.29) is 0 Å². The van der Waals surface area contributed by atoms with Crippen molar-refractivity contribution in [2.75, 3.05) is 19.6 Å². The first-order valence-corrected chi connectivity index (χ1v) is 7.90. The van der Waals surface area contributed by atoms with Gasteiger partial charge in [0, 0.05) is 17.5 Å². The normalized spacial score (nSPS) is 21.4. The Labute approximate surface area is 115 Å². The van der Waals surface area contributed by atoms with E-state index in [1.807, 2.05) is 11.3 Å². The van der Waals surface area contributed by atoms with Gasteiger partial charge in [-0.2, -0.15) is 0 Å². The van der Waals surface area contributed by atoms with Crippen molar-refractivity contribution in [3.8, 4) is 0 Å². The lowest BCUT2D eigenvalue weighted by atomic mass is 10.0. The van der Waals surface area contributed by atoms with Crippen LogP contribution < -0.4 is 5.32 Å². The molecule has 1 aliphatic heterocycles. The summed E-state index contributed by atoms with van der Waals surface area (Å²) in [4.78, 5) is 8.66. The molecule has 0 bridgehead atoms. The van der Waals surface area contributed by atoms with Crippen molar-refractivity contribution in [2.24, 2.45) is 0 Å². The van der Waals surface area contributed by atoms with Gasteiger partial charge in [0.1, 0.15) is 5.01 Å². The van der Waals surface area contributed by atoms with Crippen molar-refractivity contribution in [3.05, 3.63) is 15.6 Å². The van der Waals surface area contributed by atoms with Crippen LogP contribution in [0.5, 0.6) is 0 Å². The van der Waals surface area contributed by atoms with E-state index in [1.165, 1.54) is 41.4 Å². The molecule has 1 saturated heterocycles. The number of likely N-dealkylation sites (tertiary alicyclic amines) is 1. The van der Waals surface area contributed by atoms with Gasteiger partial charge in [-0.05, 0) is 39.8 Å². The number of hydrogen-bond acceptors (Lipinski definition) is 4. The maximum absolute atomic E-state index is 4.68. The van der Waals surface area contributed by atoms with Crippen LogP contribution in [0.1, 0.15) is 41.8 Å². The topological polar surface area (TPSA) is 28.2 Å². The van der Waals surface area contributed by atoms with Crippen molar-refractivity contribution in [1.82, 2.24) is 15.2 Å². The molecule has 2 rings (SSSR count). The first-order valence-electron chi connectivity index (χ1n) is 7.08. The number of likely N-dealkylation sites (N-methyl/N-ethyl adjacent to an activating group) is 1. The standard InChI is InChI=1S/C14H25N3S/c1-4-15-9-13-7-5-6-8-17(13)10-14-16-11(2)12(3)18-14/h13,15H,4-10H2,1-3H3. The van der Waals surface area contributed by atoms with Crippen molar-refractivity contribution in [3.63, 3.8) is 0 Å². The van der Waals surface area contributed by atoms with Crippen LogP contribution >= 0.6 is 11.3 Å². The van der Waals surface area contributed by atoms with Crippen LogP contribution in [0, 0.1) is 13.8 Å². The molecule has 0 spiro atoms. The van der Waals surface area contributed by atoms with E-state index in [0.717, 1.165) is 19.6 Å². The summed E-state index contributed by atoms with van der Waals surface area (Å²) in [5.41, 5.74) is 1.20. The van der Waals surface area contributed by atoms with Crippen LogP contribution in [0.15, 0.2) is 0 Å². The molecular formula is C14H25N3S. The summed E-state index contributed by atoms with van der Waals surface area (Å²) in [6.07, 6.45) is 4.05. The minimum atomic E-state index is 0.697. The molecule has 1 unspecified atom stereocenters. The zero-order valence-electron chi connectivity index (χ0n) is 11.8. The van der Waals surface area contributed by atoms with Crippen molar-refractivity contribution < 1.29 is 0 Å². The Hall–Kier alpha value is -0.450. The number of rotatable bonds is 5. The third-order valence-corrected chi connectivity index (χ3v) is 4.85. The number of aryl methyl sites for hydroxylation is 2. The van der Waals surface area contributed by atoms with Gasteiger partial charge in [0.2, 0.25) is 0 Å². The molecule has 102 valence electrons. The van der Waals surface area contributed by atoms with E-state index in [4.69, 9.17) is 0 Å². The number of nitrogens with one attached hydrogen (secondary N) is 1. The van der Waals surface area contributed by atoms with E-state index in [2.05, 4.69) is 36.0 Å². The fourth-order valence-electron chi connectivity index (χ4n) is 2.59. The van der Waals surface area contributed by atoms with E-state index < -0.39 is 0 Å². The Balaban J connectivity index is 1.96. The van der Waals surface area contributed by atoms with Gasteiger partial charge in [0.15, 0.2) is 0 Å². The highest BCUT2D eigenvalue weighted by Gasteiger charge is 2.22. The van der Waals surface area contributed by atoms with Gasteiger partial charge in [-0.3, -0.25) is 4.90 Å². The van der Waals surface area contributed by atoms with E-state index in [0.29, 0.717) is 6.04 Å². The molecule has 3 nitrogen and oxygen atoms in total. The molecule has 1 atom stereocenters. The molecule has 0 aromatic carbocycles. The van der Waals surface area contributed by atoms with E-state index in [1.54, 1.807) is 0 Å². The fourth-order valence-corrected chi connectivity index (χ4v) is 3.55. The Morgan fingerprint density at radius 2 is 2.22 bits per heavy atom. The molecular weight excluding hydrogens is 242 g/mol. The van der Waals surface area contributed by atoms with Gasteiger partial charge in [-0.25, -0.2) is 4.98 Å². The SMILES string of the molecule is CCNCC1CCCCN1Cc1nc(C)c(C)s1. The molecule has 1 N–H and O–H groups in total. The summed E-state index contributed by atoms with van der Waals surface area (Å²) in [7, 11) is 0. The molecule has 1 aromatic rings. The zero-order chi connectivity index (χ0) is 13.0. The van der Waals surface area contributed by atoms with Crippen LogP contribution in [0.25, 0.3) is 0 Å². The maximum atomic E-state index is 4.68. The Kier molecular flexibility index (Phi) is 5.15. The smallest absolute Gasteiger partial charge is 0.107 e. The second kappa shape index (κ2) is 6.64. The molecule has 18 heavy (non-hydrogen) atoms. The molecule has 4 heteroatoms. The molecule has 0 saturated carbocycles. The monoisotopic (exact) mass is 267 g/mol. The minimum Gasteiger partial charge on any atom is -0.315 e. The predicted molar refractivity (Wildman–Crippen MR) is 78.2 cm³/mol. The van der Waals surface area contributed by atoms with Gasteiger partial charge in [-0.1, -0.05) is 13.3 Å². The van der Waals surface area contributed by atoms with Gasteiger partial charge < -0.3 is 5.32 Å². The lowest BCUT2D eigenvalue weighted by Gasteiger charge is -2.35. The number of nitrogens with zero attached hydrogens (tertiary/aromatic N) is 2. The predicted octanol–water partition coefficient (Wildman–Crippen LogP) is 2.72. The van der Waals surface area contributed by atoms with Crippen LogP contribution in [-0.2, 0) is 6.54 Å². The molecule has 1 fully saturated rings. The molecule has 0 amide bonds. The lowest BCUT2D eigenvalue weighted by Crippen LogP contribution is -2.44. The second-order valence-corrected chi connectivity index (χ2v) is 6.46. The summed E-state index contributed by atoms with van der Waals surface area (Å²) in [5, 5.41) is 4.78. The summed E-state index contributed by atoms with van der Waals surface area (Å²) >= 11 is 1.86. The Bertz CT molecular complexity index is 356. The first kappa shape index (κ1) is 14.0. The quantitative estimate of drug-likeness (QED) is 0.889. The number of thiazole rings is 1. The van der Waals surface area contributed by atoms with Crippen LogP contribution in [-0.4, -0.2) is 35.6 Å². The average Bonchev–Trinajstić information content (AvgIpc) is 2.67. The van der Waals surface area contributed by atoms with E-state index in [9.17, 15) is 0 Å². The number of aromatic nitrogens is 1. The largest absolute Gasteiger partial charge is 0.315 e. The summed E-state index contributed by atoms with van der Waals surface area (Å²) < 4.78 is 0. The fraction of sp³-hybridized carbons (Fsp3) is 0.786. The van der Waals surface area contributed by atoms with Crippen LogP contribution in [0.2, 0.25) is 0 Å². The zero-order valence-corrected chi connectivity index (χ0v) is 12.6. The number of piperidine rings is 1. The van der Waals surface area contributed by atoms with E-state index >= 15 is 0 Å². The average molecular weight is 267 g/mol. The van der Waals surface area contributed by atoms with Crippen molar-refractivity contribution in [1.29, 1.82) is 0 Å². The highest BCUT2D eigenvalue weighted by atomic mass is 32.1. The number of hydrogen-bond donors (Lipinski definition) is 1. The van der Waals surface area contributed by atoms with Crippen LogP contribution in [0.4, 0.5) is 0 Å². The second-order valence-electron chi connectivity index (χ2n) is 5.18. The highest BCUT2D eigenvalue weighted by molar-refractivity contribution is 7.11. The van der Waals surface area contributed by atoms with Crippen LogP contribution in [0.3, 0.4) is 0 Å². The van der Waals surface area contributed by atoms with Gasteiger partial charge in [-0.15, -0.1) is 11.3 Å². The molecule has 0 aliphatic carbocycles.